The predicted octanol–water partition coefficient (Wildman–Crippen LogP) is 4.57. The van der Waals surface area contributed by atoms with Gasteiger partial charge < -0.3 is 16.4 Å². The van der Waals surface area contributed by atoms with Crippen molar-refractivity contribution in [3.63, 3.8) is 0 Å². The molecule has 1 aliphatic rings. The molecule has 4 N–H and O–H groups in total. The van der Waals surface area contributed by atoms with Crippen molar-refractivity contribution in [3.8, 4) is 0 Å². The largest absolute Gasteiger partial charge is 0.381 e. The third kappa shape index (κ3) is 6.87. The van der Waals surface area contributed by atoms with Gasteiger partial charge in [-0.2, -0.15) is 0 Å². The van der Waals surface area contributed by atoms with Crippen LogP contribution in [0.15, 0.2) is 22.7 Å². The van der Waals surface area contributed by atoms with Gasteiger partial charge in [0.15, 0.2) is 0 Å². The van der Waals surface area contributed by atoms with Gasteiger partial charge in [0, 0.05) is 23.0 Å². The first-order chi connectivity index (χ1) is 9.95. The summed E-state index contributed by atoms with van der Waals surface area (Å²) in [5.41, 5.74) is 7.80. The quantitative estimate of drug-likeness (QED) is 0.645. The molecule has 1 aliphatic carbocycles. The Labute approximate surface area is 159 Å². The van der Waals surface area contributed by atoms with E-state index in [2.05, 4.69) is 40.4 Å². The Kier molecular flexibility index (Phi) is 10.2. The standard InChI is InChI=1S/C16H24BrN3O.2ClH/c1-10(2)19-14-7-6-12(17)9-15(14)20-16(21)8-11-4-3-5-13(11)18;;/h6-7,9-11,13,19H,3-5,8,18H2,1-2H3,(H,20,21);2*1H/t11-,13+;;/m0../s1. The van der Waals surface area contributed by atoms with E-state index in [4.69, 9.17) is 5.73 Å². The van der Waals surface area contributed by atoms with Gasteiger partial charge in [0.1, 0.15) is 0 Å². The van der Waals surface area contributed by atoms with Crippen LogP contribution in [0.4, 0.5) is 11.4 Å². The summed E-state index contributed by atoms with van der Waals surface area (Å²) in [6.07, 6.45) is 3.74. The number of hydrogen-bond donors (Lipinski definition) is 3. The summed E-state index contributed by atoms with van der Waals surface area (Å²) in [6, 6.07) is 6.35. The van der Waals surface area contributed by atoms with E-state index in [0.717, 1.165) is 35.1 Å². The molecule has 0 spiro atoms. The maximum absolute atomic E-state index is 12.3. The van der Waals surface area contributed by atoms with E-state index in [1.807, 2.05) is 18.2 Å². The van der Waals surface area contributed by atoms with E-state index in [1.165, 1.54) is 0 Å². The molecule has 2 rings (SSSR count). The van der Waals surface area contributed by atoms with Crippen LogP contribution in [-0.2, 0) is 4.79 Å². The highest BCUT2D eigenvalue weighted by atomic mass is 79.9. The number of halogens is 3. The molecule has 1 saturated carbocycles. The Balaban J connectivity index is 0.00000242. The van der Waals surface area contributed by atoms with Crippen LogP contribution < -0.4 is 16.4 Å². The van der Waals surface area contributed by atoms with E-state index in [9.17, 15) is 4.79 Å². The Morgan fingerprint density at radius 3 is 2.57 bits per heavy atom. The van der Waals surface area contributed by atoms with Gasteiger partial charge in [-0.25, -0.2) is 0 Å². The maximum Gasteiger partial charge on any atom is 0.224 e. The highest BCUT2D eigenvalue weighted by molar-refractivity contribution is 9.10. The summed E-state index contributed by atoms with van der Waals surface area (Å²) in [5, 5.41) is 6.37. The maximum atomic E-state index is 12.3. The first-order valence-electron chi connectivity index (χ1n) is 7.57. The van der Waals surface area contributed by atoms with Crippen LogP contribution in [0.1, 0.15) is 39.5 Å². The fraction of sp³-hybridized carbons (Fsp3) is 0.562. The zero-order valence-corrected chi connectivity index (χ0v) is 16.7. The average molecular weight is 427 g/mol. The number of carbonyl (C=O) groups is 1. The van der Waals surface area contributed by atoms with Crippen molar-refractivity contribution in [1.82, 2.24) is 0 Å². The van der Waals surface area contributed by atoms with Gasteiger partial charge in [0.25, 0.3) is 0 Å². The minimum Gasteiger partial charge on any atom is -0.381 e. The monoisotopic (exact) mass is 425 g/mol. The smallest absolute Gasteiger partial charge is 0.224 e. The second-order valence-corrected chi connectivity index (χ2v) is 7.01. The number of nitrogens with one attached hydrogen (secondary N) is 2. The van der Waals surface area contributed by atoms with Crippen molar-refractivity contribution in [2.45, 2.75) is 51.6 Å². The molecular weight excluding hydrogens is 401 g/mol. The summed E-state index contributed by atoms with van der Waals surface area (Å²) in [4.78, 5) is 12.3. The van der Waals surface area contributed by atoms with E-state index >= 15 is 0 Å². The van der Waals surface area contributed by atoms with Crippen molar-refractivity contribution >= 4 is 58.0 Å². The Hall–Kier alpha value is -0.490. The SMILES string of the molecule is CC(C)Nc1ccc(Br)cc1NC(=O)C[C@@H]1CCC[C@H]1N.Cl.Cl. The van der Waals surface area contributed by atoms with Gasteiger partial charge in [-0.1, -0.05) is 22.4 Å². The van der Waals surface area contributed by atoms with Gasteiger partial charge in [0.05, 0.1) is 11.4 Å². The number of amides is 1. The Bertz CT molecular complexity index is 514. The molecule has 0 unspecified atom stereocenters. The fourth-order valence-corrected chi connectivity index (χ4v) is 3.18. The van der Waals surface area contributed by atoms with Gasteiger partial charge in [0.2, 0.25) is 5.91 Å². The molecule has 0 aromatic heterocycles. The van der Waals surface area contributed by atoms with Gasteiger partial charge in [-0.3, -0.25) is 4.79 Å². The molecule has 1 amide bonds. The summed E-state index contributed by atoms with van der Waals surface area (Å²) < 4.78 is 0.949. The number of rotatable bonds is 5. The molecule has 132 valence electrons. The van der Waals surface area contributed by atoms with Crippen LogP contribution >= 0.6 is 40.7 Å². The molecule has 4 nitrogen and oxygen atoms in total. The lowest BCUT2D eigenvalue weighted by Gasteiger charge is -2.18. The zero-order chi connectivity index (χ0) is 15.4. The van der Waals surface area contributed by atoms with Crippen molar-refractivity contribution in [2.24, 2.45) is 11.7 Å². The molecule has 1 aromatic carbocycles. The van der Waals surface area contributed by atoms with E-state index in [1.54, 1.807) is 0 Å². The number of hydrogen-bond acceptors (Lipinski definition) is 3. The lowest BCUT2D eigenvalue weighted by molar-refractivity contribution is -0.117. The van der Waals surface area contributed by atoms with Crippen molar-refractivity contribution in [3.05, 3.63) is 22.7 Å². The lowest BCUT2D eigenvalue weighted by Crippen LogP contribution is -2.28. The molecule has 0 saturated heterocycles. The van der Waals surface area contributed by atoms with Crippen molar-refractivity contribution in [1.29, 1.82) is 0 Å². The third-order valence-electron chi connectivity index (χ3n) is 3.87. The highest BCUT2D eigenvalue weighted by Gasteiger charge is 2.26. The van der Waals surface area contributed by atoms with Crippen molar-refractivity contribution in [2.75, 3.05) is 10.6 Å². The summed E-state index contributed by atoms with van der Waals surface area (Å²) in [6.45, 7) is 4.15. The van der Waals surface area contributed by atoms with Gasteiger partial charge >= 0.3 is 0 Å². The minimum atomic E-state index is 0. The Morgan fingerprint density at radius 2 is 2.00 bits per heavy atom. The van der Waals surface area contributed by atoms with Crippen molar-refractivity contribution < 1.29 is 4.79 Å². The molecule has 7 heteroatoms. The first-order valence-corrected chi connectivity index (χ1v) is 8.36. The molecular formula is C16H26BrCl2N3O. The number of carbonyl (C=O) groups excluding carboxylic acids is 1. The Morgan fingerprint density at radius 1 is 1.30 bits per heavy atom. The van der Waals surface area contributed by atoms with Crippen LogP contribution in [0.3, 0.4) is 0 Å². The molecule has 0 aliphatic heterocycles. The second kappa shape index (κ2) is 10.4. The van der Waals surface area contributed by atoms with Gasteiger partial charge in [-0.15, -0.1) is 24.8 Å². The lowest BCUT2D eigenvalue weighted by atomic mass is 10.00. The molecule has 1 aromatic rings. The van der Waals surface area contributed by atoms with Gasteiger partial charge in [-0.05, 0) is 50.8 Å². The molecule has 0 radical (unpaired) electrons. The summed E-state index contributed by atoms with van der Waals surface area (Å²) >= 11 is 3.45. The number of nitrogens with two attached hydrogens (primary N) is 1. The molecule has 1 fully saturated rings. The third-order valence-corrected chi connectivity index (χ3v) is 4.36. The molecule has 0 bridgehead atoms. The highest BCUT2D eigenvalue weighted by Crippen LogP contribution is 2.29. The fourth-order valence-electron chi connectivity index (χ4n) is 2.82. The van der Waals surface area contributed by atoms with Crippen LogP contribution in [0.5, 0.6) is 0 Å². The van der Waals surface area contributed by atoms with Crippen LogP contribution in [0.2, 0.25) is 0 Å². The number of benzene rings is 1. The van der Waals surface area contributed by atoms with Crippen LogP contribution in [0.25, 0.3) is 0 Å². The van der Waals surface area contributed by atoms with E-state index in [0.29, 0.717) is 18.4 Å². The van der Waals surface area contributed by atoms with Crippen LogP contribution in [-0.4, -0.2) is 18.0 Å². The minimum absolute atomic E-state index is 0. The summed E-state index contributed by atoms with van der Waals surface area (Å²) in [5.74, 6) is 0.362. The normalized spacial score (nSPS) is 19.7. The predicted molar refractivity (Wildman–Crippen MR) is 106 cm³/mol. The molecule has 0 heterocycles. The topological polar surface area (TPSA) is 67.1 Å². The van der Waals surface area contributed by atoms with Crippen LogP contribution in [0, 0.1) is 5.92 Å². The van der Waals surface area contributed by atoms with E-state index in [-0.39, 0.29) is 36.8 Å². The number of anilines is 2. The zero-order valence-electron chi connectivity index (χ0n) is 13.5. The molecule has 23 heavy (non-hydrogen) atoms. The average Bonchev–Trinajstić information content (AvgIpc) is 2.78. The second-order valence-electron chi connectivity index (χ2n) is 6.10. The summed E-state index contributed by atoms with van der Waals surface area (Å²) in [7, 11) is 0. The first kappa shape index (κ1) is 22.5. The van der Waals surface area contributed by atoms with E-state index < -0.39 is 0 Å². The molecule has 2 atom stereocenters.